The van der Waals surface area contributed by atoms with E-state index in [4.69, 9.17) is 16.3 Å². The van der Waals surface area contributed by atoms with E-state index in [9.17, 15) is 9.59 Å². The highest BCUT2D eigenvalue weighted by molar-refractivity contribution is 6.30. The normalized spacial score (nSPS) is 13.3. The maximum Gasteiger partial charge on any atom is 0.324 e. The zero-order valence-electron chi connectivity index (χ0n) is 16.7. The molecular weight excluding hydrogens is 421 g/mol. The van der Waals surface area contributed by atoms with E-state index in [2.05, 4.69) is 10.3 Å². The summed E-state index contributed by atoms with van der Waals surface area (Å²) in [5.74, 6) is -0.456. The number of ether oxygens (including phenoxy) is 1. The second-order valence-electron chi connectivity index (χ2n) is 7.04. The number of urea groups is 1. The molecule has 1 aliphatic heterocycles. The van der Waals surface area contributed by atoms with Crippen LogP contribution in [-0.4, -0.2) is 42.0 Å². The summed E-state index contributed by atoms with van der Waals surface area (Å²) in [6, 6.07) is 13.1. The number of amides is 3. The Hall–Kier alpha value is -3.45. The highest BCUT2D eigenvalue weighted by Gasteiger charge is 2.27. The first kappa shape index (κ1) is 20.8. The first-order valence-electron chi connectivity index (χ1n) is 9.64. The van der Waals surface area contributed by atoms with Gasteiger partial charge in [0, 0.05) is 30.7 Å². The number of carbonyl (C=O) groups is 2. The topological polar surface area (TPSA) is 71.5 Å². The van der Waals surface area contributed by atoms with Crippen molar-refractivity contribution in [3.05, 3.63) is 82.4 Å². The first-order valence-corrected chi connectivity index (χ1v) is 10.0. The van der Waals surface area contributed by atoms with Crippen LogP contribution in [0.5, 0.6) is 5.75 Å². The van der Waals surface area contributed by atoms with Crippen molar-refractivity contribution in [3.8, 4) is 16.9 Å². The van der Waals surface area contributed by atoms with E-state index in [0.29, 0.717) is 40.6 Å². The molecule has 1 N–H and O–H groups in total. The number of rotatable bonds is 5. The molecule has 0 saturated carbocycles. The molecule has 8 heteroatoms. The average molecular weight is 440 g/mol. The maximum absolute atomic E-state index is 15.4. The molecule has 158 valence electrons. The summed E-state index contributed by atoms with van der Waals surface area (Å²) in [6.07, 6.45) is 1.79. The second kappa shape index (κ2) is 8.73. The zero-order valence-corrected chi connectivity index (χ0v) is 17.4. The minimum absolute atomic E-state index is 0.163. The van der Waals surface area contributed by atoms with Gasteiger partial charge in [0.05, 0.1) is 12.7 Å². The van der Waals surface area contributed by atoms with Crippen molar-refractivity contribution in [2.24, 2.45) is 0 Å². The van der Waals surface area contributed by atoms with Gasteiger partial charge in [-0.15, -0.1) is 0 Å². The molecule has 0 bridgehead atoms. The molecular formula is C23H19ClFN3O3. The molecule has 2 aromatic carbocycles. The van der Waals surface area contributed by atoms with Crippen molar-refractivity contribution < 1.29 is 18.7 Å². The first-order chi connectivity index (χ1) is 15.0. The van der Waals surface area contributed by atoms with Crippen LogP contribution >= 0.6 is 11.6 Å². The second-order valence-corrected chi connectivity index (χ2v) is 7.48. The van der Waals surface area contributed by atoms with Gasteiger partial charge in [-0.2, -0.15) is 0 Å². The van der Waals surface area contributed by atoms with E-state index < -0.39 is 17.8 Å². The number of benzene rings is 2. The molecule has 0 unspecified atom stereocenters. The van der Waals surface area contributed by atoms with Crippen molar-refractivity contribution in [2.45, 2.75) is 6.42 Å². The Morgan fingerprint density at radius 1 is 1.26 bits per heavy atom. The predicted molar refractivity (Wildman–Crippen MR) is 115 cm³/mol. The standard InChI is InChI=1S/C23H19ClFN3O3/c1-31-19-8-6-16(21(25)20(19)15-3-2-4-17(24)12-15)11-14-5-7-18(27-13-14)22(29)28-10-9-26-23(28)30/h2-8,12-13H,9-11H2,1H3,(H,26,30). The summed E-state index contributed by atoms with van der Waals surface area (Å²) < 4.78 is 20.8. The van der Waals surface area contributed by atoms with Crippen LogP contribution in [0.15, 0.2) is 54.7 Å². The van der Waals surface area contributed by atoms with Gasteiger partial charge in [-0.3, -0.25) is 14.7 Å². The quantitative estimate of drug-likeness (QED) is 0.643. The van der Waals surface area contributed by atoms with Gasteiger partial charge in [-0.25, -0.2) is 9.18 Å². The lowest BCUT2D eigenvalue weighted by atomic mass is 9.97. The Morgan fingerprint density at radius 2 is 2.10 bits per heavy atom. The minimum atomic E-state index is -0.458. The van der Waals surface area contributed by atoms with Gasteiger partial charge in [0.1, 0.15) is 17.3 Å². The number of hydrogen-bond donors (Lipinski definition) is 1. The molecule has 1 aromatic heterocycles. The van der Waals surface area contributed by atoms with E-state index in [1.165, 1.54) is 13.3 Å². The molecule has 3 aromatic rings. The lowest BCUT2D eigenvalue weighted by Crippen LogP contribution is -2.34. The molecule has 0 atom stereocenters. The van der Waals surface area contributed by atoms with Crippen LogP contribution in [0.4, 0.5) is 9.18 Å². The van der Waals surface area contributed by atoms with Crippen molar-refractivity contribution in [1.82, 2.24) is 15.2 Å². The number of nitrogens with one attached hydrogen (secondary N) is 1. The molecule has 1 fully saturated rings. The van der Waals surface area contributed by atoms with Crippen molar-refractivity contribution in [2.75, 3.05) is 20.2 Å². The highest BCUT2D eigenvalue weighted by Crippen LogP contribution is 2.36. The summed E-state index contributed by atoms with van der Waals surface area (Å²) in [6.45, 7) is 0.735. The third kappa shape index (κ3) is 4.22. The fourth-order valence-corrected chi connectivity index (χ4v) is 3.69. The van der Waals surface area contributed by atoms with Gasteiger partial charge in [0.2, 0.25) is 0 Å². The number of carbonyl (C=O) groups excluding carboxylic acids is 2. The lowest BCUT2D eigenvalue weighted by Gasteiger charge is -2.14. The third-order valence-corrected chi connectivity index (χ3v) is 5.29. The molecule has 6 nitrogen and oxygen atoms in total. The largest absolute Gasteiger partial charge is 0.496 e. The number of imide groups is 1. The van der Waals surface area contributed by atoms with Gasteiger partial charge in [-0.05, 0) is 41.0 Å². The minimum Gasteiger partial charge on any atom is -0.496 e. The SMILES string of the molecule is COc1ccc(Cc2ccc(C(=O)N3CCNC3=O)nc2)c(F)c1-c1cccc(Cl)c1. The molecule has 1 saturated heterocycles. The highest BCUT2D eigenvalue weighted by atomic mass is 35.5. The monoisotopic (exact) mass is 439 g/mol. The Morgan fingerprint density at radius 3 is 2.74 bits per heavy atom. The number of nitrogens with zero attached hydrogens (tertiary/aromatic N) is 2. The van der Waals surface area contributed by atoms with Crippen LogP contribution in [0.2, 0.25) is 5.02 Å². The van der Waals surface area contributed by atoms with Gasteiger partial charge in [0.25, 0.3) is 5.91 Å². The van der Waals surface area contributed by atoms with E-state index in [1.807, 2.05) is 0 Å². The Bertz CT molecular complexity index is 1150. The predicted octanol–water partition coefficient (Wildman–Crippen LogP) is 4.31. The van der Waals surface area contributed by atoms with Crippen LogP contribution in [-0.2, 0) is 6.42 Å². The van der Waals surface area contributed by atoms with Crippen molar-refractivity contribution in [1.29, 1.82) is 0 Å². The average Bonchev–Trinajstić information content (AvgIpc) is 3.20. The number of methoxy groups -OCH3 is 1. The molecule has 3 amide bonds. The fraction of sp³-hybridized carbons (Fsp3) is 0.174. The van der Waals surface area contributed by atoms with Crippen molar-refractivity contribution in [3.63, 3.8) is 0 Å². The Labute approximate surface area is 183 Å². The molecule has 1 aliphatic rings. The van der Waals surface area contributed by atoms with Crippen molar-refractivity contribution >= 4 is 23.5 Å². The fourth-order valence-electron chi connectivity index (χ4n) is 3.50. The Kier molecular flexibility index (Phi) is 5.86. The number of pyridine rings is 1. The summed E-state index contributed by atoms with van der Waals surface area (Å²) in [5, 5.41) is 3.08. The van der Waals surface area contributed by atoms with E-state index in [1.54, 1.807) is 48.5 Å². The smallest absolute Gasteiger partial charge is 0.324 e. The van der Waals surface area contributed by atoms with Crippen LogP contribution in [0, 0.1) is 5.82 Å². The molecule has 0 spiro atoms. The lowest BCUT2D eigenvalue weighted by molar-refractivity contribution is 0.0823. The molecule has 0 aliphatic carbocycles. The summed E-state index contributed by atoms with van der Waals surface area (Å²) in [7, 11) is 1.49. The van der Waals surface area contributed by atoms with Gasteiger partial charge in [0.15, 0.2) is 0 Å². The van der Waals surface area contributed by atoms with Crippen LogP contribution in [0.25, 0.3) is 11.1 Å². The summed E-state index contributed by atoms with van der Waals surface area (Å²) in [5.41, 5.74) is 2.30. The van der Waals surface area contributed by atoms with E-state index >= 15 is 4.39 Å². The maximum atomic E-state index is 15.4. The summed E-state index contributed by atoms with van der Waals surface area (Å²) >= 11 is 6.08. The molecule has 2 heterocycles. The molecule has 31 heavy (non-hydrogen) atoms. The summed E-state index contributed by atoms with van der Waals surface area (Å²) in [4.78, 5) is 29.3. The number of hydrogen-bond acceptors (Lipinski definition) is 4. The molecule has 0 radical (unpaired) electrons. The van der Waals surface area contributed by atoms with E-state index in [0.717, 1.165) is 10.5 Å². The number of aromatic nitrogens is 1. The third-order valence-electron chi connectivity index (χ3n) is 5.06. The number of halogens is 2. The molecule has 4 rings (SSSR count). The Balaban J connectivity index is 1.60. The van der Waals surface area contributed by atoms with Gasteiger partial charge < -0.3 is 10.1 Å². The van der Waals surface area contributed by atoms with Gasteiger partial charge >= 0.3 is 6.03 Å². The van der Waals surface area contributed by atoms with E-state index in [-0.39, 0.29) is 12.1 Å². The van der Waals surface area contributed by atoms with Crippen LogP contribution in [0.3, 0.4) is 0 Å². The van der Waals surface area contributed by atoms with Crippen LogP contribution in [0.1, 0.15) is 21.6 Å². The van der Waals surface area contributed by atoms with Crippen LogP contribution < -0.4 is 10.1 Å². The van der Waals surface area contributed by atoms with Gasteiger partial charge in [-0.1, -0.05) is 35.9 Å². The zero-order chi connectivity index (χ0) is 22.0.